The topological polar surface area (TPSA) is 58.6 Å². The van der Waals surface area contributed by atoms with E-state index < -0.39 is 0 Å². The second-order valence-corrected chi connectivity index (χ2v) is 6.55. The van der Waals surface area contributed by atoms with Crippen LogP contribution in [0.4, 0.5) is 10.5 Å². The maximum absolute atomic E-state index is 12.5. The van der Waals surface area contributed by atoms with Crippen molar-refractivity contribution in [1.82, 2.24) is 4.90 Å². The van der Waals surface area contributed by atoms with E-state index in [1.807, 2.05) is 55.5 Å². The number of methoxy groups -OCH3 is 1. The molecule has 0 saturated carbocycles. The summed E-state index contributed by atoms with van der Waals surface area (Å²) in [7, 11) is 1.57. The summed E-state index contributed by atoms with van der Waals surface area (Å²) in [6, 6.07) is 15.2. The molecular formula is C19H18N2O3S. The first-order chi connectivity index (χ1) is 12.1. The quantitative estimate of drug-likeness (QED) is 0.819. The smallest absolute Gasteiger partial charge is 0.295 e. The Morgan fingerprint density at radius 1 is 1.12 bits per heavy atom. The number of imide groups is 1. The van der Waals surface area contributed by atoms with E-state index in [-0.39, 0.29) is 17.8 Å². The van der Waals surface area contributed by atoms with Gasteiger partial charge in [0.2, 0.25) is 0 Å². The summed E-state index contributed by atoms with van der Waals surface area (Å²) in [4.78, 5) is 26.3. The Morgan fingerprint density at radius 2 is 1.84 bits per heavy atom. The van der Waals surface area contributed by atoms with Gasteiger partial charge in [-0.15, -0.1) is 0 Å². The number of ether oxygens (including phenoxy) is 1. The van der Waals surface area contributed by atoms with Crippen molar-refractivity contribution in [3.05, 3.63) is 64.6 Å². The fraction of sp³-hybridized carbons (Fsp3) is 0.158. The first kappa shape index (κ1) is 17.1. The maximum atomic E-state index is 12.5. The summed E-state index contributed by atoms with van der Waals surface area (Å²) < 4.78 is 5.26. The third-order valence-electron chi connectivity index (χ3n) is 3.78. The molecule has 0 atom stereocenters. The van der Waals surface area contributed by atoms with Crippen molar-refractivity contribution in [3.8, 4) is 5.75 Å². The van der Waals surface area contributed by atoms with Crippen molar-refractivity contribution in [2.75, 3.05) is 19.1 Å². The number of nitrogens with zero attached hydrogens (tertiary/aromatic N) is 1. The van der Waals surface area contributed by atoms with E-state index in [0.29, 0.717) is 10.7 Å². The number of nitrogens with one attached hydrogen (secondary N) is 1. The second kappa shape index (κ2) is 7.44. The van der Waals surface area contributed by atoms with Crippen LogP contribution in [0, 0.1) is 6.92 Å². The highest BCUT2D eigenvalue weighted by molar-refractivity contribution is 8.18. The predicted octanol–water partition coefficient (Wildman–Crippen LogP) is 4.11. The predicted molar refractivity (Wildman–Crippen MR) is 100 cm³/mol. The fourth-order valence-corrected chi connectivity index (χ4v) is 3.24. The molecule has 3 rings (SSSR count). The van der Waals surface area contributed by atoms with Crippen LogP contribution >= 0.6 is 11.8 Å². The molecule has 0 bridgehead atoms. The third kappa shape index (κ3) is 3.85. The number of benzene rings is 2. The highest BCUT2D eigenvalue weighted by atomic mass is 32.2. The van der Waals surface area contributed by atoms with Gasteiger partial charge in [0.1, 0.15) is 5.75 Å². The summed E-state index contributed by atoms with van der Waals surface area (Å²) in [5.41, 5.74) is 2.77. The summed E-state index contributed by atoms with van der Waals surface area (Å²) in [5.74, 6) is 0.364. The Hall–Kier alpha value is -2.73. The molecule has 0 spiro atoms. The summed E-state index contributed by atoms with van der Waals surface area (Å²) in [6.07, 6.45) is 1.74. The molecular weight excluding hydrogens is 336 g/mol. The highest BCUT2D eigenvalue weighted by Gasteiger charge is 2.34. The van der Waals surface area contributed by atoms with Gasteiger partial charge in [-0.2, -0.15) is 0 Å². The van der Waals surface area contributed by atoms with Crippen molar-refractivity contribution in [1.29, 1.82) is 0 Å². The van der Waals surface area contributed by atoms with Crippen molar-refractivity contribution < 1.29 is 14.3 Å². The molecule has 1 N–H and O–H groups in total. The maximum Gasteiger partial charge on any atom is 0.295 e. The van der Waals surface area contributed by atoms with Gasteiger partial charge < -0.3 is 10.1 Å². The minimum Gasteiger partial charge on any atom is -0.495 e. The van der Waals surface area contributed by atoms with Crippen LogP contribution in [0.3, 0.4) is 0 Å². The minimum absolute atomic E-state index is 0.0935. The van der Waals surface area contributed by atoms with Crippen molar-refractivity contribution in [2.45, 2.75) is 6.92 Å². The van der Waals surface area contributed by atoms with Crippen LogP contribution < -0.4 is 10.1 Å². The number of aryl methyl sites for hydroxylation is 1. The number of rotatable bonds is 5. The van der Waals surface area contributed by atoms with E-state index in [4.69, 9.17) is 4.74 Å². The number of carbonyl (C=O) groups excluding carboxylic acids is 2. The summed E-state index contributed by atoms with van der Waals surface area (Å²) >= 11 is 0.953. The highest BCUT2D eigenvalue weighted by Crippen LogP contribution is 2.32. The van der Waals surface area contributed by atoms with Crippen LogP contribution in [0.1, 0.15) is 11.1 Å². The Bertz CT molecular complexity index is 831. The molecule has 1 heterocycles. The lowest BCUT2D eigenvalue weighted by Gasteiger charge is -2.16. The Labute approximate surface area is 150 Å². The average molecular weight is 354 g/mol. The van der Waals surface area contributed by atoms with Crippen LogP contribution in [0.15, 0.2) is 53.4 Å². The number of carbonyl (C=O) groups is 2. The van der Waals surface area contributed by atoms with Gasteiger partial charge in [-0.3, -0.25) is 14.5 Å². The van der Waals surface area contributed by atoms with E-state index in [2.05, 4.69) is 5.32 Å². The summed E-state index contributed by atoms with van der Waals surface area (Å²) in [6.45, 7) is 2.09. The van der Waals surface area contributed by atoms with Gasteiger partial charge >= 0.3 is 0 Å². The Kier molecular flexibility index (Phi) is 5.09. The number of amides is 2. The Morgan fingerprint density at radius 3 is 2.56 bits per heavy atom. The van der Waals surface area contributed by atoms with E-state index in [9.17, 15) is 9.59 Å². The fourth-order valence-electron chi connectivity index (χ4n) is 2.41. The molecule has 5 nitrogen and oxygen atoms in total. The number of anilines is 1. The molecule has 1 fully saturated rings. The van der Waals surface area contributed by atoms with Crippen LogP contribution in [-0.2, 0) is 4.79 Å². The zero-order chi connectivity index (χ0) is 17.8. The van der Waals surface area contributed by atoms with Gasteiger partial charge in [0.25, 0.3) is 11.1 Å². The van der Waals surface area contributed by atoms with Gasteiger partial charge in [-0.05, 0) is 42.5 Å². The molecule has 1 aliphatic rings. The average Bonchev–Trinajstić information content (AvgIpc) is 2.89. The number of hydrogen-bond acceptors (Lipinski definition) is 5. The molecule has 25 heavy (non-hydrogen) atoms. The number of hydrogen-bond donors (Lipinski definition) is 1. The standard InChI is InChI=1S/C19H18N2O3S/c1-13-7-9-14(10-8-13)11-17-18(22)21(19(23)25-17)12-20-15-5-3-4-6-16(15)24-2/h3-11,20H,12H2,1-2H3. The van der Waals surface area contributed by atoms with E-state index in [0.717, 1.165) is 28.6 Å². The monoisotopic (exact) mass is 354 g/mol. The van der Waals surface area contributed by atoms with Gasteiger partial charge in [-0.25, -0.2) is 0 Å². The summed E-state index contributed by atoms with van der Waals surface area (Å²) in [5, 5.41) is 2.79. The van der Waals surface area contributed by atoms with Crippen molar-refractivity contribution in [2.24, 2.45) is 0 Å². The van der Waals surface area contributed by atoms with E-state index >= 15 is 0 Å². The van der Waals surface area contributed by atoms with Crippen molar-refractivity contribution in [3.63, 3.8) is 0 Å². The molecule has 0 aliphatic carbocycles. The van der Waals surface area contributed by atoms with Crippen LogP contribution in [0.2, 0.25) is 0 Å². The first-order valence-electron chi connectivity index (χ1n) is 7.77. The molecule has 0 radical (unpaired) electrons. The number of para-hydroxylation sites is 2. The van der Waals surface area contributed by atoms with Crippen LogP contribution in [0.25, 0.3) is 6.08 Å². The molecule has 6 heteroatoms. The molecule has 2 aromatic carbocycles. The third-order valence-corrected chi connectivity index (χ3v) is 4.69. The second-order valence-electron chi connectivity index (χ2n) is 5.56. The van der Waals surface area contributed by atoms with Gasteiger partial charge in [-0.1, -0.05) is 42.0 Å². The van der Waals surface area contributed by atoms with E-state index in [1.54, 1.807) is 13.2 Å². The lowest BCUT2D eigenvalue weighted by Crippen LogP contribution is -2.33. The zero-order valence-electron chi connectivity index (χ0n) is 14.0. The largest absolute Gasteiger partial charge is 0.495 e. The zero-order valence-corrected chi connectivity index (χ0v) is 14.8. The molecule has 2 aromatic rings. The normalized spacial score (nSPS) is 15.8. The molecule has 128 valence electrons. The van der Waals surface area contributed by atoms with Gasteiger partial charge in [0.05, 0.1) is 24.4 Å². The molecule has 2 amide bonds. The SMILES string of the molecule is COc1ccccc1NCN1C(=O)SC(=Cc2ccc(C)cc2)C1=O. The molecule has 1 saturated heterocycles. The molecule has 1 aliphatic heterocycles. The van der Waals surface area contributed by atoms with Crippen LogP contribution in [0.5, 0.6) is 5.75 Å². The minimum atomic E-state index is -0.294. The lowest BCUT2D eigenvalue weighted by molar-refractivity contribution is -0.122. The van der Waals surface area contributed by atoms with Gasteiger partial charge in [0, 0.05) is 0 Å². The molecule has 0 aromatic heterocycles. The van der Waals surface area contributed by atoms with Crippen molar-refractivity contribution >= 4 is 34.7 Å². The molecule has 0 unspecified atom stereocenters. The van der Waals surface area contributed by atoms with E-state index in [1.165, 1.54) is 4.90 Å². The number of thioether (sulfide) groups is 1. The first-order valence-corrected chi connectivity index (χ1v) is 8.59. The Balaban J connectivity index is 1.72. The van der Waals surface area contributed by atoms with Gasteiger partial charge in [0.15, 0.2) is 0 Å². The van der Waals surface area contributed by atoms with Crippen LogP contribution in [-0.4, -0.2) is 29.8 Å². The lowest BCUT2D eigenvalue weighted by atomic mass is 10.1.